The molecule has 4 nitrogen and oxygen atoms in total. The fourth-order valence-electron chi connectivity index (χ4n) is 2.30. The van der Waals surface area contributed by atoms with Gasteiger partial charge in [-0.05, 0) is 47.3 Å². The van der Waals surface area contributed by atoms with Crippen molar-refractivity contribution >= 4 is 21.9 Å². The Balaban J connectivity index is 2.08. The third-order valence-corrected chi connectivity index (χ3v) is 4.22. The number of carboxylic acid groups (broad SMARTS) is 1. The molecule has 3 rings (SSSR count). The van der Waals surface area contributed by atoms with Crippen LogP contribution in [0.1, 0.15) is 24.1 Å². The van der Waals surface area contributed by atoms with Gasteiger partial charge < -0.3 is 5.11 Å². The van der Waals surface area contributed by atoms with E-state index in [4.69, 9.17) is 0 Å². The van der Waals surface area contributed by atoms with Crippen LogP contribution in [-0.4, -0.2) is 20.9 Å². The number of benzene rings is 1. The van der Waals surface area contributed by atoms with Crippen LogP contribution in [0, 0.1) is 6.92 Å². The average molecular weight is 321 g/mol. The molecule has 5 heteroatoms. The summed E-state index contributed by atoms with van der Waals surface area (Å²) in [6, 6.07) is 7.90. The van der Waals surface area contributed by atoms with Crippen LogP contribution in [0.25, 0.3) is 5.69 Å². The maximum atomic E-state index is 11.4. The van der Waals surface area contributed by atoms with Crippen LogP contribution in [0.2, 0.25) is 0 Å². The molecule has 0 radical (unpaired) electrons. The molecule has 0 atom stereocenters. The van der Waals surface area contributed by atoms with Gasteiger partial charge >= 0.3 is 5.97 Å². The van der Waals surface area contributed by atoms with Gasteiger partial charge in [0, 0.05) is 6.20 Å². The van der Waals surface area contributed by atoms with Crippen LogP contribution in [0.5, 0.6) is 0 Å². The number of halogens is 1. The standard InChI is InChI=1S/C14H13BrN2O2/c1-9-4-2-3-5-11(9)17-8-10(15)12(16-17)14(6-7-14)13(18)19/h2-5,8H,6-7H2,1H3,(H,18,19). The molecule has 1 fully saturated rings. The number of carboxylic acids is 1. The zero-order chi connectivity index (χ0) is 13.6. The maximum Gasteiger partial charge on any atom is 0.315 e. The number of para-hydroxylation sites is 1. The molecule has 1 saturated carbocycles. The van der Waals surface area contributed by atoms with Gasteiger partial charge in [0.25, 0.3) is 0 Å². The van der Waals surface area contributed by atoms with E-state index in [0.29, 0.717) is 18.5 Å². The van der Waals surface area contributed by atoms with E-state index in [-0.39, 0.29) is 0 Å². The lowest BCUT2D eigenvalue weighted by atomic mass is 10.0. The van der Waals surface area contributed by atoms with Crippen molar-refractivity contribution in [2.24, 2.45) is 0 Å². The summed E-state index contributed by atoms with van der Waals surface area (Å²) >= 11 is 3.44. The molecular weight excluding hydrogens is 308 g/mol. The second-order valence-electron chi connectivity index (χ2n) is 4.94. The summed E-state index contributed by atoms with van der Waals surface area (Å²) in [4.78, 5) is 11.4. The summed E-state index contributed by atoms with van der Waals surface area (Å²) in [5.41, 5.74) is 1.91. The molecule has 1 aliphatic rings. The normalized spacial score (nSPS) is 16.3. The fraction of sp³-hybridized carbons (Fsp3) is 0.286. The molecular formula is C14H13BrN2O2. The summed E-state index contributed by atoms with van der Waals surface area (Å²) in [5, 5.41) is 13.8. The first-order chi connectivity index (χ1) is 9.04. The zero-order valence-electron chi connectivity index (χ0n) is 10.4. The molecule has 0 saturated heterocycles. The Hall–Kier alpha value is -1.62. The van der Waals surface area contributed by atoms with E-state index in [9.17, 15) is 9.90 Å². The van der Waals surface area contributed by atoms with Crippen molar-refractivity contribution in [3.8, 4) is 5.69 Å². The van der Waals surface area contributed by atoms with E-state index in [1.165, 1.54) is 0 Å². The summed E-state index contributed by atoms with van der Waals surface area (Å²) in [6.45, 7) is 2.01. The van der Waals surface area contributed by atoms with Crippen molar-refractivity contribution in [3.63, 3.8) is 0 Å². The van der Waals surface area contributed by atoms with Crippen LogP contribution in [0.4, 0.5) is 0 Å². The van der Waals surface area contributed by atoms with Crippen LogP contribution in [-0.2, 0) is 10.2 Å². The number of carbonyl (C=O) groups is 1. The number of rotatable bonds is 3. The molecule has 1 aromatic carbocycles. The minimum absolute atomic E-state index is 0.628. The van der Waals surface area contributed by atoms with Crippen LogP contribution in [0.3, 0.4) is 0 Å². The largest absolute Gasteiger partial charge is 0.481 e. The third-order valence-electron chi connectivity index (χ3n) is 3.64. The van der Waals surface area contributed by atoms with E-state index in [0.717, 1.165) is 15.7 Å². The first-order valence-corrected chi connectivity index (χ1v) is 6.89. The highest BCUT2D eigenvalue weighted by Gasteiger charge is 2.55. The Morgan fingerprint density at radius 1 is 1.42 bits per heavy atom. The lowest BCUT2D eigenvalue weighted by molar-refractivity contribution is -0.140. The summed E-state index contributed by atoms with van der Waals surface area (Å²) in [7, 11) is 0. The van der Waals surface area contributed by atoms with Gasteiger partial charge in [0.1, 0.15) is 5.41 Å². The average Bonchev–Trinajstić information content (AvgIpc) is 3.09. The van der Waals surface area contributed by atoms with Crippen LogP contribution < -0.4 is 0 Å². The predicted octanol–water partition coefficient (Wildman–Crippen LogP) is 3.06. The fourth-order valence-corrected chi connectivity index (χ4v) is 2.95. The number of aryl methyl sites for hydroxylation is 1. The minimum Gasteiger partial charge on any atom is -0.481 e. The highest BCUT2D eigenvalue weighted by molar-refractivity contribution is 9.10. The maximum absolute atomic E-state index is 11.4. The summed E-state index contributed by atoms with van der Waals surface area (Å²) < 4.78 is 2.51. The molecule has 1 heterocycles. The van der Waals surface area contributed by atoms with Crippen LogP contribution in [0.15, 0.2) is 34.9 Å². The first kappa shape index (κ1) is 12.4. The van der Waals surface area contributed by atoms with Crippen molar-refractivity contribution in [3.05, 3.63) is 46.2 Å². The van der Waals surface area contributed by atoms with Gasteiger partial charge in [0.15, 0.2) is 0 Å². The van der Waals surface area contributed by atoms with Crippen molar-refractivity contribution in [1.29, 1.82) is 0 Å². The SMILES string of the molecule is Cc1ccccc1-n1cc(Br)c(C2(C(=O)O)CC2)n1. The van der Waals surface area contributed by atoms with Gasteiger partial charge in [-0.25, -0.2) is 4.68 Å². The highest BCUT2D eigenvalue weighted by atomic mass is 79.9. The molecule has 0 bridgehead atoms. The Kier molecular flexibility index (Phi) is 2.74. The Bertz CT molecular complexity index is 659. The Labute approximate surface area is 119 Å². The third kappa shape index (κ3) is 1.89. The predicted molar refractivity (Wildman–Crippen MR) is 74.5 cm³/mol. The minimum atomic E-state index is -0.789. The lowest BCUT2D eigenvalue weighted by Gasteiger charge is -2.07. The molecule has 1 aliphatic carbocycles. The second kappa shape index (κ2) is 4.20. The molecule has 0 spiro atoms. The summed E-state index contributed by atoms with van der Waals surface area (Å²) in [5.74, 6) is -0.789. The van der Waals surface area contributed by atoms with Crippen molar-refractivity contribution in [2.45, 2.75) is 25.2 Å². The zero-order valence-corrected chi connectivity index (χ0v) is 12.0. The molecule has 98 valence electrons. The number of hydrogen-bond donors (Lipinski definition) is 1. The van der Waals surface area contributed by atoms with Crippen molar-refractivity contribution in [2.75, 3.05) is 0 Å². The molecule has 1 aromatic heterocycles. The molecule has 2 aromatic rings. The van der Waals surface area contributed by atoms with Crippen molar-refractivity contribution < 1.29 is 9.90 Å². The van der Waals surface area contributed by atoms with E-state index in [2.05, 4.69) is 21.0 Å². The summed E-state index contributed by atoms with van der Waals surface area (Å²) in [6.07, 6.45) is 3.15. The number of nitrogens with zero attached hydrogens (tertiary/aromatic N) is 2. The molecule has 0 unspecified atom stereocenters. The van der Waals surface area contributed by atoms with Gasteiger partial charge in [-0.2, -0.15) is 5.10 Å². The highest BCUT2D eigenvalue weighted by Crippen LogP contribution is 2.50. The van der Waals surface area contributed by atoms with Crippen molar-refractivity contribution in [1.82, 2.24) is 9.78 Å². The lowest BCUT2D eigenvalue weighted by Crippen LogP contribution is -2.20. The number of aliphatic carboxylic acids is 1. The monoisotopic (exact) mass is 320 g/mol. The number of hydrogen-bond acceptors (Lipinski definition) is 2. The second-order valence-corrected chi connectivity index (χ2v) is 5.80. The topological polar surface area (TPSA) is 55.1 Å². The van der Waals surface area contributed by atoms with Gasteiger partial charge in [-0.3, -0.25) is 4.79 Å². The van der Waals surface area contributed by atoms with E-state index in [1.54, 1.807) is 4.68 Å². The Morgan fingerprint density at radius 3 is 2.68 bits per heavy atom. The smallest absolute Gasteiger partial charge is 0.315 e. The first-order valence-electron chi connectivity index (χ1n) is 6.10. The quantitative estimate of drug-likeness (QED) is 0.945. The van der Waals surface area contributed by atoms with E-state index < -0.39 is 11.4 Å². The number of aromatic nitrogens is 2. The van der Waals surface area contributed by atoms with E-state index >= 15 is 0 Å². The molecule has 0 amide bonds. The van der Waals surface area contributed by atoms with E-state index in [1.807, 2.05) is 37.4 Å². The van der Waals surface area contributed by atoms with Gasteiger partial charge in [-0.15, -0.1) is 0 Å². The molecule has 0 aliphatic heterocycles. The molecule has 19 heavy (non-hydrogen) atoms. The van der Waals surface area contributed by atoms with Gasteiger partial charge in [0.05, 0.1) is 15.9 Å². The van der Waals surface area contributed by atoms with Gasteiger partial charge in [0.2, 0.25) is 0 Å². The van der Waals surface area contributed by atoms with Crippen LogP contribution >= 0.6 is 15.9 Å². The Morgan fingerprint density at radius 2 is 2.11 bits per heavy atom. The van der Waals surface area contributed by atoms with Gasteiger partial charge in [-0.1, -0.05) is 18.2 Å². The molecule has 1 N–H and O–H groups in total.